The Morgan fingerprint density at radius 1 is 1.53 bits per heavy atom. The first-order chi connectivity index (χ1) is 9.20. The number of carbonyl (C=O) groups excluding carboxylic acids is 1. The molecular formula is C14H13N3O2. The van der Waals surface area contributed by atoms with Gasteiger partial charge in [0.15, 0.2) is 0 Å². The van der Waals surface area contributed by atoms with Gasteiger partial charge >= 0.3 is 0 Å². The fraction of sp³-hybridized carbons (Fsp3) is 0.143. The summed E-state index contributed by atoms with van der Waals surface area (Å²) in [4.78, 5) is 11.9. The Bertz CT molecular complexity index is 636. The van der Waals surface area contributed by atoms with Crippen LogP contribution >= 0.6 is 0 Å². The van der Waals surface area contributed by atoms with Crippen LogP contribution in [0.3, 0.4) is 0 Å². The normalized spacial score (nSPS) is 9.58. The third-order valence-electron chi connectivity index (χ3n) is 2.49. The van der Waals surface area contributed by atoms with E-state index in [1.54, 1.807) is 6.07 Å². The number of aliphatic hydroxyl groups excluding tert-OH is 1. The van der Waals surface area contributed by atoms with Gasteiger partial charge in [-0.05, 0) is 24.6 Å². The predicted octanol–water partition coefficient (Wildman–Crippen LogP) is 1.31. The van der Waals surface area contributed by atoms with Crippen LogP contribution < -0.4 is 5.32 Å². The molecule has 0 radical (unpaired) electrons. The SMILES string of the molecule is Cc1ccc(NC(=O)c2cn[nH]c2)c(C#CCO)c1. The summed E-state index contributed by atoms with van der Waals surface area (Å²) in [6.07, 6.45) is 2.96. The number of anilines is 1. The van der Waals surface area contributed by atoms with E-state index in [-0.39, 0.29) is 12.5 Å². The van der Waals surface area contributed by atoms with E-state index in [2.05, 4.69) is 27.4 Å². The number of hydrogen-bond donors (Lipinski definition) is 3. The average molecular weight is 255 g/mol. The molecule has 0 bridgehead atoms. The molecule has 96 valence electrons. The maximum absolute atomic E-state index is 11.9. The van der Waals surface area contributed by atoms with Gasteiger partial charge in [-0.2, -0.15) is 5.10 Å². The Balaban J connectivity index is 2.27. The minimum atomic E-state index is -0.260. The van der Waals surface area contributed by atoms with Crippen molar-refractivity contribution in [3.05, 3.63) is 47.3 Å². The topological polar surface area (TPSA) is 78.0 Å². The molecule has 5 nitrogen and oxygen atoms in total. The second-order valence-electron chi connectivity index (χ2n) is 3.95. The van der Waals surface area contributed by atoms with Gasteiger partial charge in [0.25, 0.3) is 5.91 Å². The number of benzene rings is 1. The number of aromatic nitrogens is 2. The molecule has 1 aromatic heterocycles. The molecule has 5 heteroatoms. The highest BCUT2D eigenvalue weighted by molar-refractivity contribution is 6.04. The van der Waals surface area contributed by atoms with Crippen LogP contribution in [0.2, 0.25) is 0 Å². The van der Waals surface area contributed by atoms with E-state index in [0.29, 0.717) is 16.8 Å². The fourth-order valence-corrected chi connectivity index (χ4v) is 1.57. The van der Waals surface area contributed by atoms with Crippen LogP contribution in [0.5, 0.6) is 0 Å². The van der Waals surface area contributed by atoms with Gasteiger partial charge in [0.2, 0.25) is 0 Å². The zero-order chi connectivity index (χ0) is 13.7. The Kier molecular flexibility index (Phi) is 3.96. The van der Waals surface area contributed by atoms with Gasteiger partial charge in [0.1, 0.15) is 6.61 Å². The molecule has 0 atom stereocenters. The van der Waals surface area contributed by atoms with Crippen molar-refractivity contribution in [1.82, 2.24) is 10.2 Å². The molecule has 2 aromatic rings. The van der Waals surface area contributed by atoms with Gasteiger partial charge in [-0.3, -0.25) is 9.89 Å². The van der Waals surface area contributed by atoms with Gasteiger partial charge in [0, 0.05) is 11.8 Å². The number of nitrogens with zero attached hydrogens (tertiary/aromatic N) is 1. The van der Waals surface area contributed by atoms with Gasteiger partial charge < -0.3 is 10.4 Å². The Morgan fingerprint density at radius 2 is 2.37 bits per heavy atom. The molecule has 0 spiro atoms. The number of carbonyl (C=O) groups is 1. The van der Waals surface area contributed by atoms with Crippen molar-refractivity contribution in [2.24, 2.45) is 0 Å². The number of rotatable bonds is 2. The van der Waals surface area contributed by atoms with E-state index in [1.807, 2.05) is 19.1 Å². The summed E-state index contributed by atoms with van der Waals surface area (Å²) in [6, 6.07) is 5.53. The van der Waals surface area contributed by atoms with E-state index < -0.39 is 0 Å². The third-order valence-corrected chi connectivity index (χ3v) is 2.49. The molecule has 0 unspecified atom stereocenters. The van der Waals surface area contributed by atoms with E-state index in [0.717, 1.165) is 5.56 Å². The van der Waals surface area contributed by atoms with E-state index in [9.17, 15) is 4.79 Å². The van der Waals surface area contributed by atoms with E-state index >= 15 is 0 Å². The number of aliphatic hydroxyl groups is 1. The summed E-state index contributed by atoms with van der Waals surface area (Å²) in [7, 11) is 0. The lowest BCUT2D eigenvalue weighted by molar-refractivity contribution is 0.102. The monoisotopic (exact) mass is 255 g/mol. The van der Waals surface area contributed by atoms with Crippen LogP contribution in [0, 0.1) is 18.8 Å². The highest BCUT2D eigenvalue weighted by Crippen LogP contribution is 2.17. The van der Waals surface area contributed by atoms with Crippen LogP contribution in [0.25, 0.3) is 0 Å². The van der Waals surface area contributed by atoms with Crippen molar-refractivity contribution >= 4 is 11.6 Å². The molecule has 0 fully saturated rings. The molecule has 19 heavy (non-hydrogen) atoms. The summed E-state index contributed by atoms with van der Waals surface area (Å²) in [5, 5.41) is 17.8. The van der Waals surface area contributed by atoms with Crippen molar-refractivity contribution in [3.8, 4) is 11.8 Å². The van der Waals surface area contributed by atoms with E-state index in [4.69, 9.17) is 5.11 Å². The van der Waals surface area contributed by atoms with Crippen molar-refractivity contribution in [2.45, 2.75) is 6.92 Å². The molecule has 1 heterocycles. The maximum Gasteiger partial charge on any atom is 0.258 e. The molecule has 0 saturated carbocycles. The highest BCUT2D eigenvalue weighted by atomic mass is 16.2. The van der Waals surface area contributed by atoms with Crippen LogP contribution in [0.15, 0.2) is 30.6 Å². The zero-order valence-corrected chi connectivity index (χ0v) is 10.4. The van der Waals surface area contributed by atoms with Crippen LogP contribution in [0.1, 0.15) is 21.5 Å². The quantitative estimate of drug-likeness (QED) is 0.708. The summed E-state index contributed by atoms with van der Waals surface area (Å²) in [5.74, 6) is 5.13. The second-order valence-corrected chi connectivity index (χ2v) is 3.95. The largest absolute Gasteiger partial charge is 0.384 e. The lowest BCUT2D eigenvalue weighted by Crippen LogP contribution is -2.12. The molecule has 2 rings (SSSR count). The summed E-state index contributed by atoms with van der Waals surface area (Å²) < 4.78 is 0. The minimum absolute atomic E-state index is 0.219. The zero-order valence-electron chi connectivity index (χ0n) is 10.4. The Labute approximate surface area is 110 Å². The summed E-state index contributed by atoms with van der Waals surface area (Å²) in [6.45, 7) is 1.72. The van der Waals surface area contributed by atoms with E-state index in [1.165, 1.54) is 12.4 Å². The lowest BCUT2D eigenvalue weighted by Gasteiger charge is -2.07. The van der Waals surface area contributed by atoms with Crippen LogP contribution in [0.4, 0.5) is 5.69 Å². The molecule has 0 aliphatic heterocycles. The van der Waals surface area contributed by atoms with Crippen molar-refractivity contribution < 1.29 is 9.90 Å². The number of aryl methyl sites for hydroxylation is 1. The van der Waals surface area contributed by atoms with Gasteiger partial charge in [-0.25, -0.2) is 0 Å². The third kappa shape index (κ3) is 3.21. The molecule has 0 aliphatic carbocycles. The summed E-state index contributed by atoms with van der Waals surface area (Å²) >= 11 is 0. The minimum Gasteiger partial charge on any atom is -0.384 e. The Morgan fingerprint density at radius 3 is 3.05 bits per heavy atom. The van der Waals surface area contributed by atoms with Crippen molar-refractivity contribution in [1.29, 1.82) is 0 Å². The second kappa shape index (κ2) is 5.85. The van der Waals surface area contributed by atoms with Gasteiger partial charge in [-0.1, -0.05) is 17.9 Å². The maximum atomic E-state index is 11.9. The lowest BCUT2D eigenvalue weighted by atomic mass is 10.1. The number of hydrogen-bond acceptors (Lipinski definition) is 3. The van der Waals surface area contributed by atoms with Crippen molar-refractivity contribution in [3.63, 3.8) is 0 Å². The number of aromatic amines is 1. The first-order valence-electron chi connectivity index (χ1n) is 5.71. The molecule has 0 saturated heterocycles. The molecule has 1 aromatic carbocycles. The number of amides is 1. The molecule has 1 amide bonds. The molecule has 3 N–H and O–H groups in total. The summed E-state index contributed by atoms with van der Waals surface area (Å²) in [5.41, 5.74) is 2.76. The van der Waals surface area contributed by atoms with Crippen molar-refractivity contribution in [2.75, 3.05) is 11.9 Å². The smallest absolute Gasteiger partial charge is 0.258 e. The van der Waals surface area contributed by atoms with Crippen LogP contribution in [-0.2, 0) is 0 Å². The van der Waals surface area contributed by atoms with Crippen LogP contribution in [-0.4, -0.2) is 27.8 Å². The van der Waals surface area contributed by atoms with Gasteiger partial charge in [0.05, 0.1) is 17.4 Å². The molecular weight excluding hydrogens is 242 g/mol. The molecule has 0 aliphatic rings. The Hall–Kier alpha value is -2.58. The first kappa shape index (κ1) is 12.9. The predicted molar refractivity (Wildman–Crippen MR) is 71.7 cm³/mol. The highest BCUT2D eigenvalue weighted by Gasteiger charge is 2.09. The fourth-order valence-electron chi connectivity index (χ4n) is 1.57. The van der Waals surface area contributed by atoms with Gasteiger partial charge in [-0.15, -0.1) is 0 Å². The number of nitrogens with one attached hydrogen (secondary N) is 2. The standard InChI is InChI=1S/C14H13N3O2/c1-10-4-5-13(11(7-10)3-2-6-18)17-14(19)12-8-15-16-9-12/h4-5,7-9,18H,6H2,1H3,(H,15,16)(H,17,19). The average Bonchev–Trinajstić information content (AvgIpc) is 2.93. The first-order valence-corrected chi connectivity index (χ1v) is 5.71. The number of H-pyrrole nitrogens is 1.